The lowest BCUT2D eigenvalue weighted by Gasteiger charge is -2.20. The summed E-state index contributed by atoms with van der Waals surface area (Å²) in [6.07, 6.45) is -4.80. The van der Waals surface area contributed by atoms with Crippen molar-refractivity contribution >= 4 is 17.7 Å². The molecule has 0 aliphatic heterocycles. The van der Waals surface area contributed by atoms with Crippen LogP contribution in [-0.2, 0) is 11.3 Å². The van der Waals surface area contributed by atoms with Gasteiger partial charge in [-0.3, -0.25) is 9.36 Å². The molecule has 6 nitrogen and oxygen atoms in total. The van der Waals surface area contributed by atoms with E-state index in [9.17, 15) is 18.0 Å². The number of carbonyl (C=O) groups is 1. The summed E-state index contributed by atoms with van der Waals surface area (Å²) < 4.78 is 43.9. The van der Waals surface area contributed by atoms with Gasteiger partial charge in [-0.25, -0.2) is 0 Å². The number of aryl methyl sites for hydroxylation is 3. The molecule has 10 heteroatoms. The van der Waals surface area contributed by atoms with Crippen molar-refractivity contribution in [2.24, 2.45) is 0 Å². The van der Waals surface area contributed by atoms with Crippen LogP contribution >= 0.6 is 11.8 Å². The Morgan fingerprint density at radius 1 is 1.12 bits per heavy atom. The fourth-order valence-corrected chi connectivity index (χ4v) is 4.04. The quantitative estimate of drug-likeness (QED) is 0.468. The number of aromatic nitrogens is 3. The maximum Gasteiger partial charge on any atom is 0.573 e. The van der Waals surface area contributed by atoms with Gasteiger partial charge in [0.25, 0.3) is 0 Å². The van der Waals surface area contributed by atoms with E-state index in [-0.39, 0.29) is 29.5 Å². The van der Waals surface area contributed by atoms with Gasteiger partial charge in [-0.1, -0.05) is 42.1 Å². The molecule has 3 aromatic rings. The first-order chi connectivity index (χ1) is 15.0. The molecule has 0 aliphatic rings. The van der Waals surface area contributed by atoms with Gasteiger partial charge in [0.15, 0.2) is 5.16 Å². The third kappa shape index (κ3) is 5.82. The van der Waals surface area contributed by atoms with Crippen LogP contribution in [0.25, 0.3) is 5.69 Å². The molecule has 0 saturated heterocycles. The maximum absolute atomic E-state index is 12.7. The van der Waals surface area contributed by atoms with Gasteiger partial charge in [0, 0.05) is 19.2 Å². The number of halogens is 3. The predicted molar refractivity (Wildman–Crippen MR) is 116 cm³/mol. The van der Waals surface area contributed by atoms with Gasteiger partial charge >= 0.3 is 6.36 Å². The zero-order valence-corrected chi connectivity index (χ0v) is 18.9. The Bertz CT molecular complexity index is 1110. The summed E-state index contributed by atoms with van der Waals surface area (Å²) >= 11 is 1.23. The third-order valence-electron chi connectivity index (χ3n) is 4.76. The Hall–Kier alpha value is -3.01. The number of ether oxygens (including phenoxy) is 1. The lowest BCUT2D eigenvalue weighted by atomic mass is 10.1. The van der Waals surface area contributed by atoms with Crippen LogP contribution in [0, 0.1) is 20.8 Å². The molecule has 170 valence electrons. The lowest BCUT2D eigenvalue weighted by Crippen LogP contribution is -2.28. The highest BCUT2D eigenvalue weighted by Gasteiger charge is 2.32. The van der Waals surface area contributed by atoms with Crippen LogP contribution in [0.3, 0.4) is 0 Å². The van der Waals surface area contributed by atoms with Crippen LogP contribution < -0.4 is 4.74 Å². The minimum atomic E-state index is -4.80. The van der Waals surface area contributed by atoms with Gasteiger partial charge in [0.2, 0.25) is 5.91 Å². The Morgan fingerprint density at radius 3 is 2.56 bits per heavy atom. The second kappa shape index (κ2) is 9.64. The summed E-state index contributed by atoms with van der Waals surface area (Å²) in [5.41, 5.74) is 3.34. The first-order valence-corrected chi connectivity index (χ1v) is 10.7. The molecule has 0 N–H and O–H groups in total. The predicted octanol–water partition coefficient (Wildman–Crippen LogP) is 4.84. The second-order valence-electron chi connectivity index (χ2n) is 7.35. The zero-order valence-electron chi connectivity index (χ0n) is 18.1. The molecule has 0 aliphatic carbocycles. The summed E-state index contributed by atoms with van der Waals surface area (Å²) in [5.74, 6) is 0.171. The van der Waals surface area contributed by atoms with Crippen molar-refractivity contribution in [2.75, 3.05) is 12.8 Å². The number of para-hydroxylation sites is 1. The highest BCUT2D eigenvalue weighted by molar-refractivity contribution is 7.99. The van der Waals surface area contributed by atoms with E-state index < -0.39 is 6.36 Å². The van der Waals surface area contributed by atoms with Crippen molar-refractivity contribution < 1.29 is 22.7 Å². The normalized spacial score (nSPS) is 11.5. The maximum atomic E-state index is 12.7. The van der Waals surface area contributed by atoms with Crippen molar-refractivity contribution in [3.8, 4) is 11.4 Å². The SMILES string of the molecule is Cc1ccc(C)c(-n2c(C)nnc2SCC(=O)N(C)Cc2ccccc2OC(F)(F)F)c1. The lowest BCUT2D eigenvalue weighted by molar-refractivity contribution is -0.275. The monoisotopic (exact) mass is 464 g/mol. The molecule has 32 heavy (non-hydrogen) atoms. The molecule has 0 saturated carbocycles. The molecule has 1 heterocycles. The number of thioether (sulfide) groups is 1. The molecular weight excluding hydrogens is 441 g/mol. The highest BCUT2D eigenvalue weighted by Crippen LogP contribution is 2.28. The fraction of sp³-hybridized carbons (Fsp3) is 0.318. The minimum absolute atomic E-state index is 0.0195. The van der Waals surface area contributed by atoms with Gasteiger partial charge < -0.3 is 9.64 Å². The molecule has 0 fully saturated rings. The molecule has 0 radical (unpaired) electrons. The van der Waals surface area contributed by atoms with Crippen molar-refractivity contribution in [3.63, 3.8) is 0 Å². The number of carbonyl (C=O) groups excluding carboxylic acids is 1. The summed E-state index contributed by atoms with van der Waals surface area (Å²) in [6, 6.07) is 11.8. The number of alkyl halides is 3. The number of hydrogen-bond acceptors (Lipinski definition) is 5. The molecule has 0 unspecified atom stereocenters. The van der Waals surface area contributed by atoms with Crippen LogP contribution in [-0.4, -0.2) is 44.7 Å². The molecule has 0 bridgehead atoms. The van der Waals surface area contributed by atoms with Gasteiger partial charge in [0.1, 0.15) is 11.6 Å². The van der Waals surface area contributed by atoms with E-state index in [0.29, 0.717) is 11.0 Å². The molecule has 0 atom stereocenters. The van der Waals surface area contributed by atoms with E-state index in [0.717, 1.165) is 16.8 Å². The van der Waals surface area contributed by atoms with Crippen molar-refractivity contribution in [1.29, 1.82) is 0 Å². The highest BCUT2D eigenvalue weighted by atomic mass is 32.2. The average Bonchev–Trinajstić information content (AvgIpc) is 3.08. The Kier molecular flexibility index (Phi) is 7.12. The fourth-order valence-electron chi connectivity index (χ4n) is 3.11. The minimum Gasteiger partial charge on any atom is -0.405 e. The molecule has 0 spiro atoms. The smallest absolute Gasteiger partial charge is 0.405 e. The molecule has 1 amide bonds. The van der Waals surface area contributed by atoms with Crippen LogP contribution in [0.2, 0.25) is 0 Å². The van der Waals surface area contributed by atoms with Crippen LogP contribution in [0.5, 0.6) is 5.75 Å². The van der Waals surface area contributed by atoms with Crippen LogP contribution in [0.1, 0.15) is 22.5 Å². The third-order valence-corrected chi connectivity index (χ3v) is 5.67. The molecule has 3 rings (SSSR count). The Labute approximate surface area is 188 Å². The van der Waals surface area contributed by atoms with Crippen molar-refractivity contribution in [2.45, 2.75) is 38.8 Å². The van der Waals surface area contributed by atoms with E-state index in [1.807, 2.05) is 43.5 Å². The first kappa shape index (κ1) is 23.6. The summed E-state index contributed by atoms with van der Waals surface area (Å²) in [4.78, 5) is 14.0. The van der Waals surface area contributed by atoms with Gasteiger partial charge in [0.05, 0.1) is 11.4 Å². The second-order valence-corrected chi connectivity index (χ2v) is 8.29. The molecule has 1 aromatic heterocycles. The van der Waals surface area contributed by atoms with E-state index in [1.54, 1.807) is 6.07 Å². The number of benzene rings is 2. The molecule has 2 aromatic carbocycles. The summed E-state index contributed by atoms with van der Waals surface area (Å²) in [7, 11) is 1.54. The number of amides is 1. The van der Waals surface area contributed by atoms with E-state index >= 15 is 0 Å². The zero-order chi connectivity index (χ0) is 23.5. The van der Waals surface area contributed by atoms with Gasteiger partial charge in [-0.15, -0.1) is 23.4 Å². The van der Waals surface area contributed by atoms with Crippen LogP contribution in [0.15, 0.2) is 47.6 Å². The largest absolute Gasteiger partial charge is 0.573 e. The van der Waals surface area contributed by atoms with E-state index in [4.69, 9.17) is 0 Å². The Morgan fingerprint density at radius 2 is 1.84 bits per heavy atom. The molecular formula is C22H23F3N4O2S. The summed E-state index contributed by atoms with van der Waals surface area (Å²) in [5, 5.41) is 8.91. The standard InChI is InChI=1S/C22H23F3N4O2S/c1-14-9-10-15(2)18(11-14)29-16(3)26-27-21(29)32-13-20(30)28(4)12-17-7-5-6-8-19(17)31-22(23,24)25/h5-11H,12-13H2,1-4H3. The number of nitrogens with zero attached hydrogens (tertiary/aromatic N) is 4. The Balaban J connectivity index is 1.71. The van der Waals surface area contributed by atoms with Crippen molar-refractivity contribution in [1.82, 2.24) is 19.7 Å². The van der Waals surface area contributed by atoms with E-state index in [1.165, 1.54) is 41.9 Å². The van der Waals surface area contributed by atoms with Crippen LogP contribution in [0.4, 0.5) is 13.2 Å². The number of hydrogen-bond donors (Lipinski definition) is 0. The van der Waals surface area contributed by atoms with Crippen molar-refractivity contribution in [3.05, 3.63) is 65.0 Å². The first-order valence-electron chi connectivity index (χ1n) is 9.75. The average molecular weight is 465 g/mol. The van der Waals surface area contributed by atoms with Gasteiger partial charge in [-0.2, -0.15) is 0 Å². The summed E-state index contributed by atoms with van der Waals surface area (Å²) in [6.45, 7) is 5.80. The van der Waals surface area contributed by atoms with Gasteiger partial charge in [-0.05, 0) is 44.0 Å². The van der Waals surface area contributed by atoms with E-state index in [2.05, 4.69) is 14.9 Å². The number of rotatable bonds is 7. The topological polar surface area (TPSA) is 60.2 Å².